The number of hydrogen-bond donors (Lipinski definition) is 2. The number of likely N-dealkylation sites (N-methyl/N-ethyl adjacent to an activating group) is 1. The highest BCUT2D eigenvalue weighted by molar-refractivity contribution is 5.55. The summed E-state index contributed by atoms with van der Waals surface area (Å²) in [6.45, 7) is 10.8. The predicted molar refractivity (Wildman–Crippen MR) is 82.9 cm³/mol. The maximum absolute atomic E-state index is 5.74. The van der Waals surface area contributed by atoms with Gasteiger partial charge in [-0.3, -0.25) is 0 Å². The number of nitrogens with two attached hydrogens (primary N) is 1. The minimum Gasteiger partial charge on any atom is -0.383 e. The van der Waals surface area contributed by atoms with Crippen molar-refractivity contribution >= 4 is 11.4 Å². The molecule has 1 saturated heterocycles. The molecule has 4 heteroatoms. The van der Waals surface area contributed by atoms with Crippen molar-refractivity contribution in [2.75, 3.05) is 49.5 Å². The van der Waals surface area contributed by atoms with Crippen molar-refractivity contribution in [3.05, 3.63) is 24.3 Å². The Morgan fingerprint density at radius 2 is 1.79 bits per heavy atom. The summed E-state index contributed by atoms with van der Waals surface area (Å²) in [6.07, 6.45) is 0. The van der Waals surface area contributed by atoms with Crippen LogP contribution in [-0.4, -0.2) is 50.2 Å². The van der Waals surface area contributed by atoms with Gasteiger partial charge in [0, 0.05) is 50.1 Å². The highest BCUT2D eigenvalue weighted by Gasteiger charge is 2.15. The Hall–Kier alpha value is -1.26. The number of nitrogens with one attached hydrogen (secondary N) is 1. The van der Waals surface area contributed by atoms with Crippen molar-refractivity contribution in [3.8, 4) is 0 Å². The lowest BCUT2D eigenvalue weighted by atomic mass is 10.2. The molecule has 4 nitrogen and oxygen atoms in total. The molecule has 1 unspecified atom stereocenters. The van der Waals surface area contributed by atoms with Gasteiger partial charge in [-0.25, -0.2) is 0 Å². The summed E-state index contributed by atoms with van der Waals surface area (Å²) >= 11 is 0. The summed E-state index contributed by atoms with van der Waals surface area (Å²) in [5, 5.41) is 3.34. The summed E-state index contributed by atoms with van der Waals surface area (Å²) in [4.78, 5) is 4.95. The molecule has 1 heterocycles. The van der Waals surface area contributed by atoms with Crippen LogP contribution in [0.4, 0.5) is 11.4 Å². The van der Waals surface area contributed by atoms with E-state index in [1.165, 1.54) is 18.8 Å². The third-order valence-electron chi connectivity index (χ3n) is 3.68. The van der Waals surface area contributed by atoms with Crippen molar-refractivity contribution in [3.63, 3.8) is 0 Å². The normalized spacial score (nSPS) is 18.4. The minimum absolute atomic E-state index is 0.182. The number of piperazine rings is 1. The number of hydrogen-bond acceptors (Lipinski definition) is 4. The summed E-state index contributed by atoms with van der Waals surface area (Å²) in [7, 11) is 0. The van der Waals surface area contributed by atoms with Crippen LogP contribution in [0.3, 0.4) is 0 Å². The molecular formula is C15H26N4. The van der Waals surface area contributed by atoms with Gasteiger partial charge in [0.2, 0.25) is 0 Å². The van der Waals surface area contributed by atoms with Gasteiger partial charge in [-0.2, -0.15) is 0 Å². The Labute approximate surface area is 116 Å². The second kappa shape index (κ2) is 6.78. The number of anilines is 2. The molecule has 0 amide bonds. The molecule has 3 N–H and O–H groups in total. The fourth-order valence-electron chi connectivity index (χ4n) is 2.39. The van der Waals surface area contributed by atoms with E-state index in [4.69, 9.17) is 5.73 Å². The van der Waals surface area contributed by atoms with Crippen LogP contribution in [-0.2, 0) is 0 Å². The second-order valence-corrected chi connectivity index (χ2v) is 5.33. The maximum Gasteiger partial charge on any atom is 0.0368 e. The van der Waals surface area contributed by atoms with Gasteiger partial charge in [0.1, 0.15) is 0 Å². The summed E-state index contributed by atoms with van der Waals surface area (Å²) < 4.78 is 0. The Morgan fingerprint density at radius 3 is 2.32 bits per heavy atom. The lowest BCUT2D eigenvalue weighted by molar-refractivity contribution is 0.271. The molecule has 1 aromatic carbocycles. The first kappa shape index (κ1) is 14.2. The van der Waals surface area contributed by atoms with Crippen LogP contribution in [0, 0.1) is 0 Å². The number of benzene rings is 1. The first-order valence-electron chi connectivity index (χ1n) is 7.26. The monoisotopic (exact) mass is 262 g/mol. The highest BCUT2D eigenvalue weighted by atomic mass is 15.3. The smallest absolute Gasteiger partial charge is 0.0368 e. The Bertz CT molecular complexity index is 366. The summed E-state index contributed by atoms with van der Waals surface area (Å²) in [5.41, 5.74) is 8.21. The molecule has 1 aliphatic heterocycles. The molecule has 1 atom stereocenters. The van der Waals surface area contributed by atoms with Crippen LogP contribution in [0.15, 0.2) is 24.3 Å². The van der Waals surface area contributed by atoms with Crippen LogP contribution in [0.1, 0.15) is 13.8 Å². The Balaban J connectivity index is 1.88. The van der Waals surface area contributed by atoms with Gasteiger partial charge >= 0.3 is 0 Å². The van der Waals surface area contributed by atoms with Crippen LogP contribution < -0.4 is 16.0 Å². The summed E-state index contributed by atoms with van der Waals surface area (Å²) in [5.74, 6) is 0. The minimum atomic E-state index is 0.182. The highest BCUT2D eigenvalue weighted by Crippen LogP contribution is 2.19. The van der Waals surface area contributed by atoms with Gasteiger partial charge in [-0.05, 0) is 37.7 Å². The zero-order chi connectivity index (χ0) is 13.7. The SMILES string of the molecule is CCN1CCN(c2ccc(NCC(C)N)cc2)CC1. The van der Waals surface area contributed by atoms with Crippen LogP contribution in [0.2, 0.25) is 0 Å². The van der Waals surface area contributed by atoms with Crippen LogP contribution in [0.25, 0.3) is 0 Å². The fraction of sp³-hybridized carbons (Fsp3) is 0.600. The van der Waals surface area contributed by atoms with E-state index in [2.05, 4.69) is 46.3 Å². The Morgan fingerprint density at radius 1 is 1.16 bits per heavy atom. The van der Waals surface area contributed by atoms with Crippen molar-refractivity contribution in [1.82, 2.24) is 4.90 Å². The molecule has 1 aromatic rings. The molecule has 106 valence electrons. The topological polar surface area (TPSA) is 44.5 Å². The molecule has 0 bridgehead atoms. The molecule has 0 saturated carbocycles. The molecular weight excluding hydrogens is 236 g/mol. The van der Waals surface area contributed by atoms with Gasteiger partial charge in [-0.1, -0.05) is 6.92 Å². The van der Waals surface area contributed by atoms with E-state index >= 15 is 0 Å². The van der Waals surface area contributed by atoms with Crippen molar-refractivity contribution in [2.45, 2.75) is 19.9 Å². The standard InChI is InChI=1S/C15H26N4/c1-3-18-8-10-19(11-9-18)15-6-4-14(5-7-15)17-12-13(2)16/h4-7,13,17H,3,8-12,16H2,1-2H3. The fourth-order valence-corrected chi connectivity index (χ4v) is 2.39. The van der Waals surface area contributed by atoms with Gasteiger partial charge in [0.15, 0.2) is 0 Å². The zero-order valence-electron chi connectivity index (χ0n) is 12.1. The molecule has 0 radical (unpaired) electrons. The summed E-state index contributed by atoms with van der Waals surface area (Å²) in [6, 6.07) is 8.87. The zero-order valence-corrected chi connectivity index (χ0v) is 12.1. The molecule has 1 fully saturated rings. The molecule has 0 aliphatic carbocycles. The van der Waals surface area contributed by atoms with Gasteiger partial charge in [0.05, 0.1) is 0 Å². The van der Waals surface area contributed by atoms with E-state index in [-0.39, 0.29) is 6.04 Å². The van der Waals surface area contributed by atoms with Gasteiger partial charge < -0.3 is 20.9 Å². The van der Waals surface area contributed by atoms with E-state index in [1.807, 2.05) is 6.92 Å². The molecule has 1 aliphatic rings. The van der Waals surface area contributed by atoms with Gasteiger partial charge in [-0.15, -0.1) is 0 Å². The average Bonchev–Trinajstić information content (AvgIpc) is 2.46. The number of rotatable bonds is 5. The second-order valence-electron chi connectivity index (χ2n) is 5.33. The molecule has 0 spiro atoms. The van der Waals surface area contributed by atoms with E-state index in [9.17, 15) is 0 Å². The first-order valence-corrected chi connectivity index (χ1v) is 7.26. The average molecular weight is 262 g/mol. The predicted octanol–water partition coefficient (Wildman–Crippen LogP) is 1.59. The third kappa shape index (κ3) is 4.11. The van der Waals surface area contributed by atoms with E-state index in [0.29, 0.717) is 0 Å². The quantitative estimate of drug-likeness (QED) is 0.846. The van der Waals surface area contributed by atoms with Crippen molar-refractivity contribution < 1.29 is 0 Å². The van der Waals surface area contributed by atoms with Crippen molar-refractivity contribution in [2.24, 2.45) is 5.73 Å². The first-order chi connectivity index (χ1) is 9.19. The van der Waals surface area contributed by atoms with Crippen LogP contribution >= 0.6 is 0 Å². The molecule has 2 rings (SSSR count). The van der Waals surface area contributed by atoms with Gasteiger partial charge in [0.25, 0.3) is 0 Å². The lowest BCUT2D eigenvalue weighted by Crippen LogP contribution is -2.46. The van der Waals surface area contributed by atoms with E-state index in [0.717, 1.165) is 31.9 Å². The van der Waals surface area contributed by atoms with E-state index < -0.39 is 0 Å². The maximum atomic E-state index is 5.74. The largest absolute Gasteiger partial charge is 0.383 e. The lowest BCUT2D eigenvalue weighted by Gasteiger charge is -2.35. The number of nitrogens with zero attached hydrogens (tertiary/aromatic N) is 2. The third-order valence-corrected chi connectivity index (χ3v) is 3.68. The molecule has 0 aromatic heterocycles. The van der Waals surface area contributed by atoms with E-state index in [1.54, 1.807) is 0 Å². The van der Waals surface area contributed by atoms with Crippen LogP contribution in [0.5, 0.6) is 0 Å². The molecule has 19 heavy (non-hydrogen) atoms. The Kier molecular flexibility index (Phi) is 5.05. The van der Waals surface area contributed by atoms with Crippen molar-refractivity contribution in [1.29, 1.82) is 0 Å².